The van der Waals surface area contributed by atoms with Gasteiger partial charge in [-0.1, -0.05) is 17.7 Å². The van der Waals surface area contributed by atoms with E-state index in [9.17, 15) is 9.59 Å². The molecule has 0 aromatic heterocycles. The van der Waals surface area contributed by atoms with Crippen molar-refractivity contribution in [3.8, 4) is 0 Å². The maximum Gasteiger partial charge on any atom is 0.325 e. The van der Waals surface area contributed by atoms with Crippen molar-refractivity contribution in [1.29, 1.82) is 0 Å². The predicted molar refractivity (Wildman–Crippen MR) is 60.5 cm³/mol. The van der Waals surface area contributed by atoms with E-state index in [0.29, 0.717) is 5.56 Å². The summed E-state index contributed by atoms with van der Waals surface area (Å²) in [4.78, 5) is 22.3. The maximum atomic E-state index is 11.7. The summed E-state index contributed by atoms with van der Waals surface area (Å²) < 4.78 is 0. The zero-order valence-electron chi connectivity index (χ0n) is 9.57. The normalized spacial score (nSPS) is 11.9. The molecule has 0 unspecified atom stereocenters. The van der Waals surface area contributed by atoms with Gasteiger partial charge in [0.05, 0.1) is 0 Å². The van der Waals surface area contributed by atoms with Crippen LogP contribution in [0, 0.1) is 13.8 Å². The number of aryl methyl sites for hydroxylation is 2. The van der Waals surface area contributed by atoms with Crippen LogP contribution in [0.5, 0.6) is 0 Å². The molecule has 4 nitrogen and oxygen atoms in total. The van der Waals surface area contributed by atoms with Gasteiger partial charge in [0.1, 0.15) is 6.04 Å². The van der Waals surface area contributed by atoms with Crippen molar-refractivity contribution in [3.05, 3.63) is 34.9 Å². The van der Waals surface area contributed by atoms with E-state index in [1.54, 1.807) is 6.07 Å². The number of carboxylic acids is 1. The van der Waals surface area contributed by atoms with Gasteiger partial charge in [-0.25, -0.2) is 0 Å². The van der Waals surface area contributed by atoms with Gasteiger partial charge in [-0.15, -0.1) is 0 Å². The number of hydrogen-bond acceptors (Lipinski definition) is 2. The van der Waals surface area contributed by atoms with Gasteiger partial charge in [-0.3, -0.25) is 9.59 Å². The highest BCUT2D eigenvalue weighted by atomic mass is 16.4. The topological polar surface area (TPSA) is 66.4 Å². The van der Waals surface area contributed by atoms with E-state index in [1.807, 2.05) is 26.0 Å². The minimum atomic E-state index is -1.04. The van der Waals surface area contributed by atoms with Crippen LogP contribution in [-0.4, -0.2) is 23.0 Å². The van der Waals surface area contributed by atoms with E-state index >= 15 is 0 Å². The Morgan fingerprint density at radius 2 is 1.94 bits per heavy atom. The van der Waals surface area contributed by atoms with Crippen molar-refractivity contribution in [2.75, 3.05) is 0 Å². The van der Waals surface area contributed by atoms with Crippen LogP contribution in [0.1, 0.15) is 28.4 Å². The molecule has 16 heavy (non-hydrogen) atoms. The summed E-state index contributed by atoms with van der Waals surface area (Å²) in [5.41, 5.74) is 2.43. The highest BCUT2D eigenvalue weighted by Crippen LogP contribution is 2.10. The Hall–Kier alpha value is -1.84. The van der Waals surface area contributed by atoms with Crippen molar-refractivity contribution in [1.82, 2.24) is 5.32 Å². The fourth-order valence-corrected chi connectivity index (χ4v) is 1.40. The zero-order valence-corrected chi connectivity index (χ0v) is 9.57. The van der Waals surface area contributed by atoms with E-state index in [4.69, 9.17) is 5.11 Å². The van der Waals surface area contributed by atoms with Crippen molar-refractivity contribution in [3.63, 3.8) is 0 Å². The lowest BCUT2D eigenvalue weighted by Gasteiger charge is -2.11. The van der Waals surface area contributed by atoms with Gasteiger partial charge in [0.15, 0.2) is 0 Å². The molecule has 4 heteroatoms. The summed E-state index contributed by atoms with van der Waals surface area (Å²) in [6, 6.07) is 4.54. The summed E-state index contributed by atoms with van der Waals surface area (Å²) in [5, 5.41) is 11.1. The van der Waals surface area contributed by atoms with Gasteiger partial charge in [-0.2, -0.15) is 0 Å². The summed E-state index contributed by atoms with van der Waals surface area (Å²) in [6.07, 6.45) is 0. The number of carboxylic acid groups (broad SMARTS) is 1. The minimum absolute atomic E-state index is 0.354. The third-order valence-corrected chi connectivity index (χ3v) is 2.34. The Labute approximate surface area is 94.3 Å². The van der Waals surface area contributed by atoms with Gasteiger partial charge in [0.2, 0.25) is 0 Å². The molecule has 1 aromatic carbocycles. The van der Waals surface area contributed by atoms with Gasteiger partial charge >= 0.3 is 5.97 Å². The van der Waals surface area contributed by atoms with Gasteiger partial charge in [0, 0.05) is 5.56 Å². The quantitative estimate of drug-likeness (QED) is 0.813. The van der Waals surface area contributed by atoms with Crippen LogP contribution in [0.4, 0.5) is 0 Å². The Morgan fingerprint density at radius 3 is 2.44 bits per heavy atom. The molecule has 0 saturated heterocycles. The SMILES string of the molecule is Cc1ccc(C(=O)N[C@@H](C)C(=O)O)c(C)c1. The number of carbonyl (C=O) groups excluding carboxylic acids is 1. The van der Waals surface area contributed by atoms with Crippen molar-refractivity contribution >= 4 is 11.9 Å². The lowest BCUT2D eigenvalue weighted by molar-refractivity contribution is -0.138. The second-order valence-electron chi connectivity index (χ2n) is 3.85. The molecule has 0 aliphatic heterocycles. The molecule has 1 aromatic rings. The van der Waals surface area contributed by atoms with Gasteiger partial charge < -0.3 is 10.4 Å². The summed E-state index contributed by atoms with van der Waals surface area (Å²) in [7, 11) is 0. The summed E-state index contributed by atoms with van der Waals surface area (Å²) >= 11 is 0. The van der Waals surface area contributed by atoms with Crippen LogP contribution in [0.3, 0.4) is 0 Å². The third kappa shape index (κ3) is 2.82. The molecular weight excluding hydrogens is 206 g/mol. The lowest BCUT2D eigenvalue weighted by Crippen LogP contribution is -2.38. The van der Waals surface area contributed by atoms with Crippen molar-refractivity contribution in [2.24, 2.45) is 0 Å². The van der Waals surface area contributed by atoms with Crippen molar-refractivity contribution < 1.29 is 14.7 Å². The molecule has 0 heterocycles. The Balaban J connectivity index is 2.85. The van der Waals surface area contributed by atoms with Crippen LogP contribution in [0.2, 0.25) is 0 Å². The molecule has 0 bridgehead atoms. The Kier molecular flexibility index (Phi) is 3.66. The minimum Gasteiger partial charge on any atom is -0.480 e. The van der Waals surface area contributed by atoms with E-state index in [-0.39, 0.29) is 5.91 Å². The number of hydrogen-bond donors (Lipinski definition) is 2. The predicted octanol–water partition coefficient (Wildman–Crippen LogP) is 1.51. The fraction of sp³-hybridized carbons (Fsp3) is 0.333. The molecule has 1 rings (SSSR count). The average molecular weight is 221 g/mol. The fourth-order valence-electron chi connectivity index (χ4n) is 1.40. The molecular formula is C12H15NO3. The number of aliphatic carboxylic acids is 1. The van der Waals surface area contributed by atoms with Crippen LogP contribution < -0.4 is 5.32 Å². The van der Waals surface area contributed by atoms with E-state index in [2.05, 4.69) is 5.32 Å². The Morgan fingerprint density at radius 1 is 1.31 bits per heavy atom. The van der Waals surface area contributed by atoms with Crippen LogP contribution in [0.25, 0.3) is 0 Å². The Bertz CT molecular complexity index is 426. The first kappa shape index (κ1) is 12.2. The average Bonchev–Trinajstić information content (AvgIpc) is 2.16. The molecule has 0 fully saturated rings. The second-order valence-corrected chi connectivity index (χ2v) is 3.85. The zero-order chi connectivity index (χ0) is 12.3. The molecule has 1 atom stereocenters. The largest absolute Gasteiger partial charge is 0.480 e. The third-order valence-electron chi connectivity index (χ3n) is 2.34. The van der Waals surface area contributed by atoms with E-state index in [1.165, 1.54) is 6.92 Å². The number of rotatable bonds is 3. The first-order chi connectivity index (χ1) is 7.41. The van der Waals surface area contributed by atoms with E-state index < -0.39 is 12.0 Å². The molecule has 0 aliphatic carbocycles. The second kappa shape index (κ2) is 4.79. The molecule has 2 N–H and O–H groups in total. The van der Waals surface area contributed by atoms with Crippen LogP contribution in [0.15, 0.2) is 18.2 Å². The highest BCUT2D eigenvalue weighted by Gasteiger charge is 2.16. The van der Waals surface area contributed by atoms with Gasteiger partial charge in [-0.05, 0) is 32.4 Å². The molecule has 0 saturated carbocycles. The van der Waals surface area contributed by atoms with Crippen LogP contribution in [-0.2, 0) is 4.79 Å². The van der Waals surface area contributed by atoms with Crippen molar-refractivity contribution in [2.45, 2.75) is 26.8 Å². The van der Waals surface area contributed by atoms with E-state index in [0.717, 1.165) is 11.1 Å². The molecule has 0 aliphatic rings. The first-order valence-corrected chi connectivity index (χ1v) is 5.02. The number of carbonyl (C=O) groups is 2. The van der Waals surface area contributed by atoms with Crippen LogP contribution >= 0.6 is 0 Å². The number of nitrogens with one attached hydrogen (secondary N) is 1. The number of amides is 1. The standard InChI is InChI=1S/C12H15NO3/c1-7-4-5-10(8(2)6-7)11(14)13-9(3)12(15)16/h4-6,9H,1-3H3,(H,13,14)(H,15,16)/t9-/m0/s1. The first-order valence-electron chi connectivity index (χ1n) is 5.02. The lowest BCUT2D eigenvalue weighted by atomic mass is 10.1. The summed E-state index contributed by atoms with van der Waals surface area (Å²) in [6.45, 7) is 5.20. The molecule has 0 spiro atoms. The smallest absolute Gasteiger partial charge is 0.325 e. The molecule has 1 amide bonds. The summed E-state index contributed by atoms with van der Waals surface area (Å²) in [5.74, 6) is -1.40. The number of benzene rings is 1. The molecule has 0 radical (unpaired) electrons. The maximum absolute atomic E-state index is 11.7. The monoisotopic (exact) mass is 221 g/mol. The highest BCUT2D eigenvalue weighted by molar-refractivity contribution is 5.97. The molecule has 86 valence electrons. The van der Waals surface area contributed by atoms with Gasteiger partial charge in [0.25, 0.3) is 5.91 Å².